The van der Waals surface area contributed by atoms with Gasteiger partial charge in [0.15, 0.2) is 0 Å². The molecule has 0 radical (unpaired) electrons. The molecule has 4 heteroatoms. The largest absolute Gasteiger partial charge is 0.356 e. The number of aliphatic hydroxyl groups excluding tert-OH is 1. The Hall–Kier alpha value is -0.160. The zero-order chi connectivity index (χ0) is 11.0. The standard InChI is InChI=1S/C10H24N2O2/c1-5-6-11-7-8-12-9(13)14-10(2,3)4/h9,11-13H,5-8H2,1-4H3. The van der Waals surface area contributed by atoms with Crippen LogP contribution in [0, 0.1) is 0 Å². The second-order valence-electron chi connectivity index (χ2n) is 4.29. The summed E-state index contributed by atoms with van der Waals surface area (Å²) in [6, 6.07) is 0. The average Bonchev–Trinajstić information content (AvgIpc) is 2.00. The first-order valence-corrected chi connectivity index (χ1v) is 5.25. The molecule has 0 amide bonds. The Bertz CT molecular complexity index is 135. The minimum Gasteiger partial charge on any atom is -0.356 e. The monoisotopic (exact) mass is 204 g/mol. The fourth-order valence-electron chi connectivity index (χ4n) is 0.962. The van der Waals surface area contributed by atoms with Crippen LogP contribution in [0.3, 0.4) is 0 Å². The van der Waals surface area contributed by atoms with Crippen molar-refractivity contribution in [2.75, 3.05) is 19.6 Å². The van der Waals surface area contributed by atoms with Gasteiger partial charge in [0.05, 0.1) is 5.60 Å². The molecule has 0 aromatic rings. The van der Waals surface area contributed by atoms with E-state index in [1.54, 1.807) is 0 Å². The van der Waals surface area contributed by atoms with Crippen LogP contribution < -0.4 is 10.6 Å². The first-order chi connectivity index (χ1) is 6.45. The summed E-state index contributed by atoms with van der Waals surface area (Å²) < 4.78 is 5.26. The van der Waals surface area contributed by atoms with Crippen molar-refractivity contribution in [2.24, 2.45) is 0 Å². The number of ether oxygens (including phenoxy) is 1. The molecule has 0 spiro atoms. The Morgan fingerprint density at radius 1 is 1.21 bits per heavy atom. The molecule has 1 atom stereocenters. The van der Waals surface area contributed by atoms with Gasteiger partial charge in [-0.1, -0.05) is 6.92 Å². The van der Waals surface area contributed by atoms with Crippen molar-refractivity contribution in [3.8, 4) is 0 Å². The second-order valence-corrected chi connectivity index (χ2v) is 4.29. The molecule has 0 bridgehead atoms. The third kappa shape index (κ3) is 9.92. The van der Waals surface area contributed by atoms with Crippen molar-refractivity contribution in [1.29, 1.82) is 0 Å². The molecule has 0 aromatic carbocycles. The molecule has 0 aromatic heterocycles. The molecule has 4 nitrogen and oxygen atoms in total. The van der Waals surface area contributed by atoms with Crippen molar-refractivity contribution in [2.45, 2.75) is 46.1 Å². The Balaban J connectivity index is 3.31. The van der Waals surface area contributed by atoms with E-state index in [0.29, 0.717) is 6.54 Å². The van der Waals surface area contributed by atoms with Crippen LogP contribution in [0.2, 0.25) is 0 Å². The third-order valence-corrected chi connectivity index (χ3v) is 1.51. The summed E-state index contributed by atoms with van der Waals surface area (Å²) in [5.41, 5.74) is -0.316. The highest BCUT2D eigenvalue weighted by atomic mass is 16.6. The van der Waals surface area contributed by atoms with Crippen molar-refractivity contribution in [3.63, 3.8) is 0 Å². The normalized spacial score (nSPS) is 14.4. The Morgan fingerprint density at radius 2 is 1.86 bits per heavy atom. The summed E-state index contributed by atoms with van der Waals surface area (Å²) in [5, 5.41) is 15.5. The highest BCUT2D eigenvalue weighted by Gasteiger charge is 2.15. The number of rotatable bonds is 7. The molecular formula is C10H24N2O2. The van der Waals surface area contributed by atoms with Crippen LogP contribution in [0.25, 0.3) is 0 Å². The SMILES string of the molecule is CCCNCCNC(O)OC(C)(C)C. The van der Waals surface area contributed by atoms with E-state index in [4.69, 9.17) is 4.74 Å². The van der Waals surface area contributed by atoms with E-state index in [0.717, 1.165) is 19.5 Å². The molecule has 0 heterocycles. The Labute approximate surface area is 87.0 Å². The van der Waals surface area contributed by atoms with Gasteiger partial charge < -0.3 is 15.2 Å². The van der Waals surface area contributed by atoms with Crippen molar-refractivity contribution < 1.29 is 9.84 Å². The number of aliphatic hydroxyl groups is 1. The van der Waals surface area contributed by atoms with Crippen LogP contribution in [0.1, 0.15) is 34.1 Å². The third-order valence-electron chi connectivity index (χ3n) is 1.51. The summed E-state index contributed by atoms with van der Waals surface area (Å²) >= 11 is 0. The van der Waals surface area contributed by atoms with Crippen LogP contribution in [-0.2, 0) is 4.74 Å². The molecule has 0 aliphatic carbocycles. The maximum atomic E-state index is 9.38. The van der Waals surface area contributed by atoms with E-state index >= 15 is 0 Å². The van der Waals surface area contributed by atoms with Gasteiger partial charge in [-0.25, -0.2) is 0 Å². The van der Waals surface area contributed by atoms with Crippen LogP contribution >= 0.6 is 0 Å². The summed E-state index contributed by atoms with van der Waals surface area (Å²) in [6.45, 7) is 10.4. The number of hydrogen-bond donors (Lipinski definition) is 3. The molecule has 86 valence electrons. The number of hydrogen-bond acceptors (Lipinski definition) is 4. The summed E-state index contributed by atoms with van der Waals surface area (Å²) in [6.07, 6.45) is 0.250. The van der Waals surface area contributed by atoms with Crippen LogP contribution in [0.15, 0.2) is 0 Å². The molecule has 3 N–H and O–H groups in total. The van der Waals surface area contributed by atoms with E-state index in [2.05, 4.69) is 17.6 Å². The maximum Gasteiger partial charge on any atom is 0.214 e. The first-order valence-electron chi connectivity index (χ1n) is 5.25. The lowest BCUT2D eigenvalue weighted by Crippen LogP contribution is -2.41. The predicted molar refractivity (Wildman–Crippen MR) is 58.0 cm³/mol. The second kappa shape index (κ2) is 7.17. The Morgan fingerprint density at radius 3 is 2.36 bits per heavy atom. The molecule has 0 fully saturated rings. The summed E-state index contributed by atoms with van der Waals surface area (Å²) in [5.74, 6) is 0. The first kappa shape index (κ1) is 13.8. The molecule has 0 aliphatic rings. The lowest BCUT2D eigenvalue weighted by Gasteiger charge is -2.24. The lowest BCUT2D eigenvalue weighted by atomic mass is 10.2. The topological polar surface area (TPSA) is 53.5 Å². The highest BCUT2D eigenvalue weighted by Crippen LogP contribution is 2.07. The van der Waals surface area contributed by atoms with Gasteiger partial charge >= 0.3 is 0 Å². The molecular weight excluding hydrogens is 180 g/mol. The van der Waals surface area contributed by atoms with Gasteiger partial charge in [0.2, 0.25) is 6.41 Å². The van der Waals surface area contributed by atoms with Gasteiger partial charge in [-0.15, -0.1) is 0 Å². The van der Waals surface area contributed by atoms with Gasteiger partial charge in [0.25, 0.3) is 0 Å². The van der Waals surface area contributed by atoms with E-state index in [1.807, 2.05) is 20.8 Å². The zero-order valence-corrected chi connectivity index (χ0v) is 9.76. The van der Waals surface area contributed by atoms with E-state index in [-0.39, 0.29) is 5.60 Å². The minimum atomic E-state index is -0.876. The maximum absolute atomic E-state index is 9.38. The van der Waals surface area contributed by atoms with Gasteiger partial charge in [0.1, 0.15) is 0 Å². The van der Waals surface area contributed by atoms with Crippen LogP contribution in [-0.4, -0.2) is 36.8 Å². The fraction of sp³-hybridized carbons (Fsp3) is 1.00. The summed E-state index contributed by atoms with van der Waals surface area (Å²) in [4.78, 5) is 0. The predicted octanol–water partition coefficient (Wildman–Crippen LogP) is 0.667. The molecule has 0 saturated heterocycles. The highest BCUT2D eigenvalue weighted by molar-refractivity contribution is 4.60. The fourth-order valence-corrected chi connectivity index (χ4v) is 0.962. The van der Waals surface area contributed by atoms with Crippen molar-refractivity contribution >= 4 is 0 Å². The van der Waals surface area contributed by atoms with Gasteiger partial charge in [-0.2, -0.15) is 0 Å². The van der Waals surface area contributed by atoms with E-state index in [1.165, 1.54) is 0 Å². The minimum absolute atomic E-state index is 0.316. The number of nitrogens with one attached hydrogen (secondary N) is 2. The van der Waals surface area contributed by atoms with Crippen LogP contribution in [0.4, 0.5) is 0 Å². The molecule has 0 rings (SSSR count). The Kier molecular flexibility index (Phi) is 7.09. The van der Waals surface area contributed by atoms with E-state index in [9.17, 15) is 5.11 Å². The molecule has 14 heavy (non-hydrogen) atoms. The van der Waals surface area contributed by atoms with Crippen molar-refractivity contribution in [3.05, 3.63) is 0 Å². The van der Waals surface area contributed by atoms with E-state index < -0.39 is 6.41 Å². The van der Waals surface area contributed by atoms with Gasteiger partial charge in [0, 0.05) is 13.1 Å². The smallest absolute Gasteiger partial charge is 0.214 e. The molecule has 0 saturated carbocycles. The van der Waals surface area contributed by atoms with Gasteiger partial charge in [-0.05, 0) is 33.7 Å². The quantitative estimate of drug-likeness (QED) is 0.421. The summed E-state index contributed by atoms with van der Waals surface area (Å²) in [7, 11) is 0. The zero-order valence-electron chi connectivity index (χ0n) is 9.76. The van der Waals surface area contributed by atoms with Crippen molar-refractivity contribution in [1.82, 2.24) is 10.6 Å². The average molecular weight is 204 g/mol. The molecule has 1 unspecified atom stereocenters. The van der Waals surface area contributed by atoms with Gasteiger partial charge in [-0.3, -0.25) is 5.32 Å². The lowest BCUT2D eigenvalue weighted by molar-refractivity contribution is -0.180. The molecule has 0 aliphatic heterocycles. The van der Waals surface area contributed by atoms with Crippen LogP contribution in [0.5, 0.6) is 0 Å².